The van der Waals surface area contributed by atoms with Crippen molar-refractivity contribution < 1.29 is 18.3 Å². The fourth-order valence-corrected chi connectivity index (χ4v) is 3.44. The Bertz CT molecular complexity index is 722. The fourth-order valence-electron chi connectivity index (χ4n) is 2.61. The Balaban J connectivity index is 0.00000225. The van der Waals surface area contributed by atoms with E-state index >= 15 is 0 Å². The molecular weight excluding hydrogens is 370 g/mol. The van der Waals surface area contributed by atoms with Crippen LogP contribution in [-0.2, 0) is 11.3 Å². The van der Waals surface area contributed by atoms with Crippen molar-refractivity contribution in [2.24, 2.45) is 0 Å². The van der Waals surface area contributed by atoms with Gasteiger partial charge in [-0.15, -0.1) is 23.7 Å². The first-order chi connectivity index (χ1) is 11.5. The van der Waals surface area contributed by atoms with Gasteiger partial charge >= 0.3 is 0 Å². The number of rotatable bonds is 5. The van der Waals surface area contributed by atoms with Crippen LogP contribution in [0.2, 0.25) is 0 Å². The molecule has 1 aliphatic heterocycles. The van der Waals surface area contributed by atoms with E-state index in [9.17, 15) is 13.6 Å². The fraction of sp³-hybridized carbons (Fsp3) is 0.353. The minimum Gasteiger partial charge on any atom is -0.497 e. The van der Waals surface area contributed by atoms with Crippen molar-refractivity contribution in [3.63, 3.8) is 0 Å². The minimum absolute atomic E-state index is 0. The Morgan fingerprint density at radius 2 is 2.08 bits per heavy atom. The van der Waals surface area contributed by atoms with Crippen LogP contribution in [0.15, 0.2) is 35.7 Å². The average Bonchev–Trinajstić information content (AvgIpc) is 3.19. The largest absolute Gasteiger partial charge is 0.497 e. The van der Waals surface area contributed by atoms with Crippen molar-refractivity contribution in [3.05, 3.63) is 40.6 Å². The molecule has 1 fully saturated rings. The molecule has 1 aromatic carbocycles. The summed E-state index contributed by atoms with van der Waals surface area (Å²) in [4.78, 5) is 12.9. The summed E-state index contributed by atoms with van der Waals surface area (Å²) in [7, 11) is 1.62. The molecule has 4 nitrogen and oxygen atoms in total. The second-order valence-corrected chi connectivity index (χ2v) is 6.74. The van der Waals surface area contributed by atoms with Gasteiger partial charge < -0.3 is 10.1 Å². The van der Waals surface area contributed by atoms with Gasteiger partial charge in [0.05, 0.1) is 26.2 Å². The molecule has 3 rings (SSSR count). The number of methoxy groups -OCH3 is 1. The van der Waals surface area contributed by atoms with Crippen LogP contribution in [0.4, 0.5) is 8.78 Å². The summed E-state index contributed by atoms with van der Waals surface area (Å²) >= 11 is 1.52. The van der Waals surface area contributed by atoms with Crippen LogP contribution in [-0.4, -0.2) is 31.5 Å². The van der Waals surface area contributed by atoms with E-state index in [1.807, 2.05) is 35.7 Å². The number of amides is 1. The normalized spacial score (nSPS) is 18.4. The van der Waals surface area contributed by atoms with Gasteiger partial charge in [-0.05, 0) is 34.7 Å². The van der Waals surface area contributed by atoms with Crippen molar-refractivity contribution in [2.45, 2.75) is 24.9 Å². The lowest BCUT2D eigenvalue weighted by atomic mass is 10.1. The van der Waals surface area contributed by atoms with E-state index in [-0.39, 0.29) is 18.3 Å². The lowest BCUT2D eigenvalue weighted by molar-refractivity contribution is -0.123. The monoisotopic (exact) mass is 388 g/mol. The molecule has 1 atom stereocenters. The summed E-state index contributed by atoms with van der Waals surface area (Å²) in [6, 6.07) is 8.88. The highest BCUT2D eigenvalue weighted by Gasteiger charge is 2.42. The standard InChI is InChI=1S/C17H18F2N2O2S.ClH/c1-23-13-4-2-11(3-5-13)12-6-14(24-9-12)8-20-16(22)15-7-17(18,19)10-21-15;/h2-6,9,15,21H,7-8,10H2,1H3,(H,20,22);1H. The first-order valence-corrected chi connectivity index (χ1v) is 8.45. The first-order valence-electron chi connectivity index (χ1n) is 7.58. The lowest BCUT2D eigenvalue weighted by Crippen LogP contribution is -2.39. The van der Waals surface area contributed by atoms with E-state index in [2.05, 4.69) is 10.6 Å². The summed E-state index contributed by atoms with van der Waals surface area (Å²) in [5.74, 6) is -2.39. The van der Waals surface area contributed by atoms with E-state index in [1.54, 1.807) is 7.11 Å². The number of benzene rings is 1. The first kappa shape index (κ1) is 19.6. The number of hydrogen-bond acceptors (Lipinski definition) is 4. The van der Waals surface area contributed by atoms with Gasteiger partial charge in [-0.3, -0.25) is 10.1 Å². The van der Waals surface area contributed by atoms with Crippen molar-refractivity contribution >= 4 is 29.7 Å². The van der Waals surface area contributed by atoms with Gasteiger partial charge in [-0.2, -0.15) is 0 Å². The van der Waals surface area contributed by atoms with Crippen LogP contribution in [0.5, 0.6) is 5.75 Å². The molecule has 2 N–H and O–H groups in total. The van der Waals surface area contributed by atoms with Gasteiger partial charge in [-0.1, -0.05) is 12.1 Å². The van der Waals surface area contributed by atoms with Gasteiger partial charge in [0.25, 0.3) is 5.92 Å². The van der Waals surface area contributed by atoms with Crippen LogP contribution in [0.25, 0.3) is 11.1 Å². The highest BCUT2D eigenvalue weighted by molar-refractivity contribution is 7.10. The maximum absolute atomic E-state index is 13.1. The molecule has 136 valence electrons. The van der Waals surface area contributed by atoms with Crippen molar-refractivity contribution in [1.82, 2.24) is 10.6 Å². The Kier molecular flexibility index (Phi) is 6.37. The zero-order valence-electron chi connectivity index (χ0n) is 13.6. The minimum atomic E-state index is -2.80. The Morgan fingerprint density at radius 3 is 2.68 bits per heavy atom. The Hall–Kier alpha value is -1.70. The number of carbonyl (C=O) groups is 1. The van der Waals surface area contributed by atoms with Crippen LogP contribution < -0.4 is 15.4 Å². The summed E-state index contributed by atoms with van der Waals surface area (Å²) in [6.07, 6.45) is -0.444. The van der Waals surface area contributed by atoms with Crippen LogP contribution in [0.3, 0.4) is 0 Å². The highest BCUT2D eigenvalue weighted by Crippen LogP contribution is 2.28. The molecule has 25 heavy (non-hydrogen) atoms. The molecule has 1 aliphatic rings. The maximum Gasteiger partial charge on any atom is 0.262 e. The van der Waals surface area contributed by atoms with E-state index in [0.717, 1.165) is 21.8 Å². The third kappa shape index (κ3) is 4.90. The van der Waals surface area contributed by atoms with Crippen molar-refractivity contribution in [1.29, 1.82) is 0 Å². The molecular formula is C17H19ClF2N2O2S. The quantitative estimate of drug-likeness (QED) is 0.824. The third-order valence-electron chi connectivity index (χ3n) is 3.94. The summed E-state index contributed by atoms with van der Waals surface area (Å²) < 4.78 is 31.4. The third-order valence-corrected chi connectivity index (χ3v) is 4.88. The van der Waals surface area contributed by atoms with E-state index in [1.165, 1.54) is 11.3 Å². The second-order valence-electron chi connectivity index (χ2n) is 5.74. The SMILES string of the molecule is COc1ccc(-c2csc(CNC(=O)C3CC(F)(F)CN3)c2)cc1.Cl. The summed E-state index contributed by atoms with van der Waals surface area (Å²) in [5, 5.41) is 7.28. The number of alkyl halides is 2. The van der Waals surface area contributed by atoms with Crippen LogP contribution in [0, 0.1) is 0 Å². The number of nitrogens with one attached hydrogen (secondary N) is 2. The molecule has 0 saturated carbocycles. The van der Waals surface area contributed by atoms with Gasteiger partial charge in [0, 0.05) is 11.3 Å². The van der Waals surface area contributed by atoms with E-state index in [4.69, 9.17) is 4.74 Å². The molecule has 1 saturated heterocycles. The van der Waals surface area contributed by atoms with Gasteiger partial charge in [0.1, 0.15) is 5.75 Å². The molecule has 1 aromatic heterocycles. The number of hydrogen-bond donors (Lipinski definition) is 2. The number of ether oxygens (including phenoxy) is 1. The molecule has 0 aliphatic carbocycles. The zero-order valence-corrected chi connectivity index (χ0v) is 15.2. The molecule has 8 heteroatoms. The highest BCUT2D eigenvalue weighted by atomic mass is 35.5. The number of thiophene rings is 1. The summed E-state index contributed by atoms with van der Waals surface area (Å²) in [6.45, 7) is -0.102. The predicted octanol–water partition coefficient (Wildman–Crippen LogP) is 3.46. The van der Waals surface area contributed by atoms with Gasteiger partial charge in [-0.25, -0.2) is 8.78 Å². The van der Waals surface area contributed by atoms with Crippen LogP contribution in [0.1, 0.15) is 11.3 Å². The summed E-state index contributed by atoms with van der Waals surface area (Å²) in [5.41, 5.74) is 2.11. The van der Waals surface area contributed by atoms with E-state index in [0.29, 0.717) is 6.54 Å². The number of halogens is 3. The average molecular weight is 389 g/mol. The second kappa shape index (κ2) is 8.12. The maximum atomic E-state index is 13.1. The Labute approximate surface area is 155 Å². The lowest BCUT2D eigenvalue weighted by Gasteiger charge is -2.10. The number of carbonyl (C=O) groups excluding carboxylic acids is 1. The van der Waals surface area contributed by atoms with Crippen molar-refractivity contribution in [2.75, 3.05) is 13.7 Å². The molecule has 0 radical (unpaired) electrons. The molecule has 1 amide bonds. The van der Waals surface area contributed by atoms with Gasteiger partial charge in [0.15, 0.2) is 0 Å². The van der Waals surface area contributed by atoms with Gasteiger partial charge in [0.2, 0.25) is 5.91 Å². The molecule has 0 bridgehead atoms. The topological polar surface area (TPSA) is 50.4 Å². The molecule has 2 heterocycles. The zero-order chi connectivity index (χ0) is 17.2. The smallest absolute Gasteiger partial charge is 0.262 e. The van der Waals surface area contributed by atoms with Crippen molar-refractivity contribution in [3.8, 4) is 16.9 Å². The molecule has 2 aromatic rings. The van der Waals surface area contributed by atoms with Crippen LogP contribution >= 0.6 is 23.7 Å². The van der Waals surface area contributed by atoms with E-state index < -0.39 is 24.9 Å². The molecule has 0 spiro atoms. The Morgan fingerprint density at radius 1 is 1.36 bits per heavy atom. The molecule has 1 unspecified atom stereocenters. The predicted molar refractivity (Wildman–Crippen MR) is 96.8 cm³/mol.